The third kappa shape index (κ3) is 1.89. The molecule has 2 heterocycles. The molecular weight excluding hydrogens is 240 g/mol. The quantitative estimate of drug-likeness (QED) is 0.730. The molecule has 98 valence electrons. The first-order chi connectivity index (χ1) is 9.20. The molecule has 2 saturated heterocycles. The van der Waals surface area contributed by atoms with Gasteiger partial charge >= 0.3 is 0 Å². The number of piperidine rings is 1. The van der Waals surface area contributed by atoms with Gasteiger partial charge in [-0.2, -0.15) is 5.26 Å². The van der Waals surface area contributed by atoms with Gasteiger partial charge in [0.2, 0.25) is 5.91 Å². The van der Waals surface area contributed by atoms with Crippen LogP contribution in [0.3, 0.4) is 0 Å². The lowest BCUT2D eigenvalue weighted by molar-refractivity contribution is -0.122. The van der Waals surface area contributed by atoms with Crippen LogP contribution >= 0.6 is 0 Å². The fourth-order valence-corrected chi connectivity index (χ4v) is 3.09. The Morgan fingerprint density at radius 2 is 2.32 bits per heavy atom. The molecule has 5 nitrogen and oxygen atoms in total. The highest BCUT2D eigenvalue weighted by molar-refractivity contribution is 5.83. The summed E-state index contributed by atoms with van der Waals surface area (Å²) in [5.74, 6) is 0.238. The SMILES string of the molecule is N#Cc1cc(N2CCCC3C(=O)NCC32)ccc1N. The number of rotatable bonds is 1. The highest BCUT2D eigenvalue weighted by Crippen LogP contribution is 2.32. The predicted octanol–water partition coefficient (Wildman–Crippen LogP) is 0.855. The van der Waals surface area contributed by atoms with Crippen LogP contribution in [0.2, 0.25) is 0 Å². The van der Waals surface area contributed by atoms with E-state index >= 15 is 0 Å². The number of hydrogen-bond acceptors (Lipinski definition) is 4. The maximum absolute atomic E-state index is 11.8. The summed E-state index contributed by atoms with van der Waals surface area (Å²) >= 11 is 0. The molecule has 0 bridgehead atoms. The van der Waals surface area contributed by atoms with E-state index in [1.165, 1.54) is 0 Å². The molecule has 0 spiro atoms. The Hall–Kier alpha value is -2.22. The van der Waals surface area contributed by atoms with E-state index in [0.29, 0.717) is 17.8 Å². The molecule has 0 saturated carbocycles. The Bertz CT molecular complexity index is 563. The average molecular weight is 256 g/mol. The van der Waals surface area contributed by atoms with Crippen molar-refractivity contribution in [2.45, 2.75) is 18.9 Å². The molecule has 2 atom stereocenters. The molecule has 0 radical (unpaired) electrons. The summed E-state index contributed by atoms with van der Waals surface area (Å²) in [6.07, 6.45) is 1.95. The number of amides is 1. The fourth-order valence-electron chi connectivity index (χ4n) is 3.09. The highest BCUT2D eigenvalue weighted by Gasteiger charge is 2.40. The molecule has 3 N–H and O–H groups in total. The first-order valence-corrected chi connectivity index (χ1v) is 6.54. The van der Waals surface area contributed by atoms with Gasteiger partial charge < -0.3 is 16.0 Å². The maximum Gasteiger partial charge on any atom is 0.225 e. The zero-order valence-electron chi connectivity index (χ0n) is 10.6. The third-order valence-corrected chi connectivity index (χ3v) is 4.09. The van der Waals surface area contributed by atoms with Gasteiger partial charge in [-0.1, -0.05) is 0 Å². The summed E-state index contributed by atoms with van der Waals surface area (Å²) in [7, 11) is 0. The van der Waals surface area contributed by atoms with E-state index in [9.17, 15) is 4.79 Å². The van der Waals surface area contributed by atoms with Crippen LogP contribution in [-0.2, 0) is 4.79 Å². The van der Waals surface area contributed by atoms with Gasteiger partial charge in [-0.15, -0.1) is 0 Å². The molecule has 0 aromatic heterocycles. The smallest absolute Gasteiger partial charge is 0.225 e. The topological polar surface area (TPSA) is 82.2 Å². The zero-order chi connectivity index (χ0) is 13.4. The molecule has 2 aliphatic heterocycles. The lowest BCUT2D eigenvalue weighted by Gasteiger charge is -2.37. The van der Waals surface area contributed by atoms with E-state index in [2.05, 4.69) is 16.3 Å². The van der Waals surface area contributed by atoms with Crippen LogP contribution in [0.15, 0.2) is 18.2 Å². The number of anilines is 2. The summed E-state index contributed by atoms with van der Waals surface area (Å²) in [6, 6.07) is 7.83. The van der Waals surface area contributed by atoms with Gasteiger partial charge in [0.25, 0.3) is 0 Å². The number of nitrogen functional groups attached to an aromatic ring is 1. The van der Waals surface area contributed by atoms with Crippen molar-refractivity contribution in [2.75, 3.05) is 23.7 Å². The van der Waals surface area contributed by atoms with Crippen molar-refractivity contribution in [3.8, 4) is 6.07 Å². The molecule has 3 rings (SSSR count). The minimum Gasteiger partial charge on any atom is -0.398 e. The number of nitriles is 1. The minimum atomic E-state index is 0.0804. The van der Waals surface area contributed by atoms with Crippen molar-refractivity contribution in [2.24, 2.45) is 5.92 Å². The van der Waals surface area contributed by atoms with Crippen molar-refractivity contribution >= 4 is 17.3 Å². The number of carbonyl (C=O) groups is 1. The highest BCUT2D eigenvalue weighted by atomic mass is 16.2. The van der Waals surface area contributed by atoms with Crippen LogP contribution in [0.4, 0.5) is 11.4 Å². The maximum atomic E-state index is 11.8. The Kier molecular flexibility index (Phi) is 2.79. The van der Waals surface area contributed by atoms with E-state index < -0.39 is 0 Å². The first kappa shape index (κ1) is 11.8. The number of hydrogen-bond donors (Lipinski definition) is 2. The normalized spacial score (nSPS) is 25.6. The van der Waals surface area contributed by atoms with Crippen molar-refractivity contribution < 1.29 is 4.79 Å². The molecule has 5 heteroatoms. The van der Waals surface area contributed by atoms with E-state index in [1.807, 2.05) is 12.1 Å². The number of nitrogens with zero attached hydrogens (tertiary/aromatic N) is 2. The monoisotopic (exact) mass is 256 g/mol. The number of nitrogens with two attached hydrogens (primary N) is 1. The summed E-state index contributed by atoms with van der Waals surface area (Å²) in [5.41, 5.74) is 7.73. The number of fused-ring (bicyclic) bond motifs is 1. The van der Waals surface area contributed by atoms with Gasteiger partial charge in [-0.25, -0.2) is 0 Å². The lowest BCUT2D eigenvalue weighted by Crippen LogP contribution is -2.45. The minimum absolute atomic E-state index is 0.0804. The molecule has 1 aromatic carbocycles. The second kappa shape index (κ2) is 4.47. The lowest BCUT2D eigenvalue weighted by atomic mass is 9.91. The Balaban J connectivity index is 1.93. The molecule has 19 heavy (non-hydrogen) atoms. The van der Waals surface area contributed by atoms with Crippen molar-refractivity contribution in [1.82, 2.24) is 5.32 Å². The van der Waals surface area contributed by atoms with E-state index in [-0.39, 0.29) is 17.9 Å². The van der Waals surface area contributed by atoms with E-state index in [0.717, 1.165) is 25.1 Å². The van der Waals surface area contributed by atoms with Crippen LogP contribution in [0.25, 0.3) is 0 Å². The largest absolute Gasteiger partial charge is 0.398 e. The molecule has 2 unspecified atom stereocenters. The summed E-state index contributed by atoms with van der Waals surface area (Å²) in [5, 5.41) is 12.0. The van der Waals surface area contributed by atoms with Gasteiger partial charge in [0, 0.05) is 24.5 Å². The molecule has 2 fully saturated rings. The summed E-state index contributed by atoms with van der Waals surface area (Å²) < 4.78 is 0. The van der Waals surface area contributed by atoms with Gasteiger partial charge in [-0.05, 0) is 31.0 Å². The van der Waals surface area contributed by atoms with Crippen molar-refractivity contribution in [1.29, 1.82) is 5.26 Å². The van der Waals surface area contributed by atoms with Gasteiger partial charge in [-0.3, -0.25) is 4.79 Å². The zero-order valence-corrected chi connectivity index (χ0v) is 10.6. The van der Waals surface area contributed by atoms with Crippen LogP contribution in [-0.4, -0.2) is 25.0 Å². The van der Waals surface area contributed by atoms with Crippen LogP contribution in [0.5, 0.6) is 0 Å². The predicted molar refractivity (Wildman–Crippen MR) is 72.4 cm³/mol. The van der Waals surface area contributed by atoms with Crippen molar-refractivity contribution in [3.05, 3.63) is 23.8 Å². The molecule has 1 amide bonds. The Labute approximate surface area is 112 Å². The number of carbonyl (C=O) groups excluding carboxylic acids is 1. The Morgan fingerprint density at radius 1 is 1.47 bits per heavy atom. The van der Waals surface area contributed by atoms with Crippen LogP contribution < -0.4 is 16.0 Å². The fraction of sp³-hybridized carbons (Fsp3) is 0.429. The number of nitrogens with one attached hydrogen (secondary N) is 1. The standard InChI is InChI=1S/C14H16N4O/c15-7-9-6-10(3-4-12(9)16)18-5-1-2-11-13(18)8-17-14(11)19/h3-4,6,11,13H,1-2,5,8,16H2,(H,17,19). The van der Waals surface area contributed by atoms with E-state index in [1.54, 1.807) is 6.07 Å². The second-order valence-corrected chi connectivity index (χ2v) is 5.14. The summed E-state index contributed by atoms with van der Waals surface area (Å²) in [4.78, 5) is 14.0. The molecule has 0 aliphatic carbocycles. The molecular formula is C14H16N4O. The van der Waals surface area contributed by atoms with Crippen LogP contribution in [0.1, 0.15) is 18.4 Å². The van der Waals surface area contributed by atoms with E-state index in [4.69, 9.17) is 11.0 Å². The third-order valence-electron chi connectivity index (χ3n) is 4.09. The Morgan fingerprint density at radius 3 is 3.11 bits per heavy atom. The molecule has 2 aliphatic rings. The van der Waals surface area contributed by atoms with Crippen molar-refractivity contribution in [3.63, 3.8) is 0 Å². The van der Waals surface area contributed by atoms with Crippen LogP contribution in [0, 0.1) is 17.2 Å². The van der Waals surface area contributed by atoms with Gasteiger partial charge in [0.05, 0.1) is 17.5 Å². The molecule has 1 aromatic rings. The summed E-state index contributed by atoms with van der Waals surface area (Å²) in [6.45, 7) is 1.61. The van der Waals surface area contributed by atoms with Gasteiger partial charge in [0.1, 0.15) is 6.07 Å². The number of benzene rings is 1. The first-order valence-electron chi connectivity index (χ1n) is 6.54. The van der Waals surface area contributed by atoms with Gasteiger partial charge in [0.15, 0.2) is 0 Å². The average Bonchev–Trinajstić information content (AvgIpc) is 2.81. The second-order valence-electron chi connectivity index (χ2n) is 5.14.